The highest BCUT2D eigenvalue weighted by Crippen LogP contribution is 2.25. The Morgan fingerprint density at radius 1 is 1.22 bits per heavy atom. The van der Waals surface area contributed by atoms with Gasteiger partial charge in [0.05, 0.1) is 16.7 Å². The largest absolute Gasteiger partial charge is 0.397 e. The molecule has 90 valence electrons. The van der Waals surface area contributed by atoms with Gasteiger partial charge in [0.15, 0.2) is 0 Å². The molecule has 18 heavy (non-hydrogen) atoms. The standard InChI is InChI=1S/C13H11ClN4/c1-18-12-3-2-9(14)5-11(12)17-13(18)8-4-10(15)7-16-6-8/h2-7H,15H2,1H3. The lowest BCUT2D eigenvalue weighted by molar-refractivity contribution is 0.958. The van der Waals surface area contributed by atoms with Gasteiger partial charge >= 0.3 is 0 Å². The molecule has 2 N–H and O–H groups in total. The van der Waals surface area contributed by atoms with Crippen molar-refractivity contribution in [3.8, 4) is 11.4 Å². The van der Waals surface area contributed by atoms with Crippen LogP contribution in [0.5, 0.6) is 0 Å². The molecule has 0 saturated carbocycles. The van der Waals surface area contributed by atoms with Gasteiger partial charge in [0.1, 0.15) is 5.82 Å². The number of nitrogen functional groups attached to an aromatic ring is 1. The molecule has 4 nitrogen and oxygen atoms in total. The number of aryl methyl sites for hydroxylation is 1. The Bertz CT molecular complexity index is 733. The average Bonchev–Trinajstić information content (AvgIpc) is 2.66. The van der Waals surface area contributed by atoms with Gasteiger partial charge in [-0.1, -0.05) is 11.6 Å². The summed E-state index contributed by atoms with van der Waals surface area (Å²) in [6.07, 6.45) is 3.36. The van der Waals surface area contributed by atoms with Crippen LogP contribution in [0.2, 0.25) is 5.02 Å². The lowest BCUT2D eigenvalue weighted by atomic mass is 10.2. The molecule has 3 rings (SSSR count). The summed E-state index contributed by atoms with van der Waals surface area (Å²) in [6, 6.07) is 7.51. The van der Waals surface area contributed by atoms with Crippen LogP contribution in [0.1, 0.15) is 0 Å². The summed E-state index contributed by atoms with van der Waals surface area (Å²) < 4.78 is 2.00. The maximum atomic E-state index is 5.97. The first kappa shape index (κ1) is 11.0. The molecule has 0 aliphatic heterocycles. The van der Waals surface area contributed by atoms with Gasteiger partial charge < -0.3 is 10.3 Å². The number of hydrogen-bond donors (Lipinski definition) is 1. The molecule has 3 aromatic rings. The monoisotopic (exact) mass is 258 g/mol. The normalized spacial score (nSPS) is 11.0. The number of rotatable bonds is 1. The SMILES string of the molecule is Cn1c(-c2cncc(N)c2)nc2cc(Cl)ccc21. The van der Waals surface area contributed by atoms with Crippen molar-refractivity contribution in [1.29, 1.82) is 0 Å². The topological polar surface area (TPSA) is 56.7 Å². The molecule has 2 aromatic heterocycles. The minimum absolute atomic E-state index is 0.623. The zero-order chi connectivity index (χ0) is 12.7. The molecule has 0 bridgehead atoms. The van der Waals surface area contributed by atoms with E-state index in [0.717, 1.165) is 22.4 Å². The van der Waals surface area contributed by atoms with Crippen LogP contribution in [0.15, 0.2) is 36.7 Å². The maximum Gasteiger partial charge on any atom is 0.142 e. The van der Waals surface area contributed by atoms with Crippen molar-refractivity contribution in [2.45, 2.75) is 0 Å². The molecule has 0 aliphatic rings. The number of nitrogens with two attached hydrogens (primary N) is 1. The van der Waals surface area contributed by atoms with E-state index in [0.29, 0.717) is 10.7 Å². The Morgan fingerprint density at radius 3 is 2.83 bits per heavy atom. The Morgan fingerprint density at radius 2 is 2.06 bits per heavy atom. The zero-order valence-electron chi connectivity index (χ0n) is 9.76. The summed E-state index contributed by atoms with van der Waals surface area (Å²) in [7, 11) is 1.96. The van der Waals surface area contributed by atoms with Gasteiger partial charge in [-0.05, 0) is 24.3 Å². The number of halogens is 1. The number of pyridine rings is 1. The van der Waals surface area contributed by atoms with Gasteiger partial charge in [-0.3, -0.25) is 4.98 Å². The summed E-state index contributed by atoms with van der Waals surface area (Å²) >= 11 is 5.97. The van der Waals surface area contributed by atoms with E-state index >= 15 is 0 Å². The number of anilines is 1. The summed E-state index contributed by atoms with van der Waals surface area (Å²) in [5.41, 5.74) is 9.15. The number of aromatic nitrogens is 3. The molecule has 2 heterocycles. The van der Waals surface area contributed by atoms with Crippen LogP contribution < -0.4 is 5.73 Å². The van der Waals surface area contributed by atoms with Crippen LogP contribution in [-0.2, 0) is 7.05 Å². The molecule has 5 heteroatoms. The second kappa shape index (κ2) is 3.99. The zero-order valence-corrected chi connectivity index (χ0v) is 10.5. The molecular weight excluding hydrogens is 248 g/mol. The molecule has 0 fully saturated rings. The summed E-state index contributed by atoms with van der Waals surface area (Å²) in [4.78, 5) is 8.65. The highest BCUT2D eigenvalue weighted by Gasteiger charge is 2.10. The number of benzene rings is 1. The van der Waals surface area contributed by atoms with E-state index in [1.165, 1.54) is 0 Å². The van der Waals surface area contributed by atoms with Crippen molar-refractivity contribution in [1.82, 2.24) is 14.5 Å². The van der Waals surface area contributed by atoms with E-state index in [2.05, 4.69) is 9.97 Å². The van der Waals surface area contributed by atoms with Crippen LogP contribution >= 0.6 is 11.6 Å². The second-order valence-corrected chi connectivity index (χ2v) is 4.57. The van der Waals surface area contributed by atoms with E-state index in [4.69, 9.17) is 17.3 Å². The predicted molar refractivity (Wildman–Crippen MR) is 73.4 cm³/mol. The van der Waals surface area contributed by atoms with Gasteiger partial charge in [-0.2, -0.15) is 0 Å². The van der Waals surface area contributed by atoms with Crippen molar-refractivity contribution < 1.29 is 0 Å². The highest BCUT2D eigenvalue weighted by molar-refractivity contribution is 6.31. The molecular formula is C13H11ClN4. The fourth-order valence-electron chi connectivity index (χ4n) is 2.01. The Balaban J connectivity index is 2.27. The first-order chi connectivity index (χ1) is 8.65. The summed E-state index contributed by atoms with van der Waals surface area (Å²) in [6.45, 7) is 0. The van der Waals surface area contributed by atoms with Crippen molar-refractivity contribution in [3.63, 3.8) is 0 Å². The van der Waals surface area contributed by atoms with E-state index < -0.39 is 0 Å². The van der Waals surface area contributed by atoms with Crippen molar-refractivity contribution in [2.75, 3.05) is 5.73 Å². The lowest BCUT2D eigenvalue weighted by Gasteiger charge is -2.02. The smallest absolute Gasteiger partial charge is 0.142 e. The van der Waals surface area contributed by atoms with E-state index in [1.54, 1.807) is 12.4 Å². The average molecular weight is 259 g/mol. The number of nitrogens with zero attached hydrogens (tertiary/aromatic N) is 3. The summed E-state index contributed by atoms with van der Waals surface area (Å²) in [5.74, 6) is 0.826. The lowest BCUT2D eigenvalue weighted by Crippen LogP contribution is -1.94. The van der Waals surface area contributed by atoms with Crippen molar-refractivity contribution in [2.24, 2.45) is 7.05 Å². The van der Waals surface area contributed by atoms with Crippen molar-refractivity contribution in [3.05, 3.63) is 41.7 Å². The number of imidazole rings is 1. The van der Waals surface area contributed by atoms with E-state index in [1.807, 2.05) is 35.9 Å². The summed E-state index contributed by atoms with van der Waals surface area (Å²) in [5, 5.41) is 0.679. The molecule has 0 aliphatic carbocycles. The van der Waals surface area contributed by atoms with Crippen LogP contribution in [0, 0.1) is 0 Å². The molecule has 0 saturated heterocycles. The number of hydrogen-bond acceptors (Lipinski definition) is 3. The van der Waals surface area contributed by atoms with Crippen LogP contribution in [0.3, 0.4) is 0 Å². The van der Waals surface area contributed by atoms with E-state index in [-0.39, 0.29) is 0 Å². The Hall–Kier alpha value is -2.07. The quantitative estimate of drug-likeness (QED) is 0.730. The van der Waals surface area contributed by atoms with Gasteiger partial charge in [-0.15, -0.1) is 0 Å². The van der Waals surface area contributed by atoms with Crippen LogP contribution in [0.4, 0.5) is 5.69 Å². The molecule has 0 amide bonds. The maximum absolute atomic E-state index is 5.97. The number of fused-ring (bicyclic) bond motifs is 1. The van der Waals surface area contributed by atoms with Gasteiger partial charge in [0.25, 0.3) is 0 Å². The highest BCUT2D eigenvalue weighted by atomic mass is 35.5. The Kier molecular flexibility index (Phi) is 2.45. The third kappa shape index (κ3) is 1.71. The van der Waals surface area contributed by atoms with Crippen molar-refractivity contribution >= 4 is 28.3 Å². The Labute approximate surface area is 109 Å². The van der Waals surface area contributed by atoms with Gasteiger partial charge in [0, 0.05) is 30.0 Å². The first-order valence-electron chi connectivity index (χ1n) is 5.48. The predicted octanol–water partition coefficient (Wildman–Crippen LogP) is 2.87. The minimum atomic E-state index is 0.623. The third-order valence-electron chi connectivity index (χ3n) is 2.86. The molecule has 0 unspecified atom stereocenters. The van der Waals surface area contributed by atoms with Crippen LogP contribution in [0.25, 0.3) is 22.4 Å². The van der Waals surface area contributed by atoms with E-state index in [9.17, 15) is 0 Å². The van der Waals surface area contributed by atoms with Gasteiger partial charge in [0.2, 0.25) is 0 Å². The molecule has 0 spiro atoms. The third-order valence-corrected chi connectivity index (χ3v) is 3.10. The molecule has 0 radical (unpaired) electrons. The van der Waals surface area contributed by atoms with Gasteiger partial charge in [-0.25, -0.2) is 4.98 Å². The minimum Gasteiger partial charge on any atom is -0.397 e. The van der Waals surface area contributed by atoms with Crippen LogP contribution in [-0.4, -0.2) is 14.5 Å². The molecule has 1 aromatic carbocycles. The second-order valence-electron chi connectivity index (χ2n) is 4.13. The fourth-order valence-corrected chi connectivity index (χ4v) is 2.18. The molecule has 0 atom stereocenters. The first-order valence-corrected chi connectivity index (χ1v) is 5.86. The fraction of sp³-hybridized carbons (Fsp3) is 0.0769.